The van der Waals surface area contributed by atoms with Crippen LogP contribution in [-0.2, 0) is 22.4 Å². The van der Waals surface area contributed by atoms with E-state index in [0.717, 1.165) is 54.4 Å². The molecule has 0 aliphatic heterocycles. The van der Waals surface area contributed by atoms with Gasteiger partial charge in [-0.15, -0.1) is 0 Å². The molecule has 4 nitrogen and oxygen atoms in total. The second-order valence-corrected chi connectivity index (χ2v) is 9.80. The molecule has 0 radical (unpaired) electrons. The molecule has 3 aromatic rings. The molecule has 0 amide bonds. The van der Waals surface area contributed by atoms with Crippen LogP contribution in [0.15, 0.2) is 72.8 Å². The quantitative estimate of drug-likeness (QED) is 0.187. The summed E-state index contributed by atoms with van der Waals surface area (Å²) < 4.78 is 11.6. The number of benzene rings is 3. The standard InChI is InChI=1S/C33H32O4/c1-3-22-5-9-24(10-6-22)13-19-30(34)36-28-17-18-29(33-27-16-15-26(21-27)32(28)33)37-31(35)20-14-25-11-7-23(4-2)8-12-25/h5-14,17-20,26-27H,3-4,15-16,21H2,1-2H3/b19-13+,20-14+. The van der Waals surface area contributed by atoms with Gasteiger partial charge in [-0.05, 0) is 90.5 Å². The van der Waals surface area contributed by atoms with Crippen LogP contribution in [0.25, 0.3) is 12.2 Å². The Balaban J connectivity index is 1.30. The zero-order valence-corrected chi connectivity index (χ0v) is 21.4. The van der Waals surface area contributed by atoms with E-state index in [-0.39, 0.29) is 0 Å². The monoisotopic (exact) mass is 492 g/mol. The molecule has 37 heavy (non-hydrogen) atoms. The van der Waals surface area contributed by atoms with Gasteiger partial charge in [-0.25, -0.2) is 9.59 Å². The van der Waals surface area contributed by atoms with Gasteiger partial charge in [-0.3, -0.25) is 0 Å². The molecule has 0 N–H and O–H groups in total. The minimum Gasteiger partial charge on any atom is -0.423 e. The molecule has 2 aliphatic carbocycles. The van der Waals surface area contributed by atoms with Gasteiger partial charge in [0.1, 0.15) is 11.5 Å². The molecule has 188 valence electrons. The van der Waals surface area contributed by atoms with E-state index >= 15 is 0 Å². The molecule has 0 saturated heterocycles. The summed E-state index contributed by atoms with van der Waals surface area (Å²) in [6, 6.07) is 19.8. The molecule has 4 heteroatoms. The van der Waals surface area contributed by atoms with Crippen molar-refractivity contribution in [3.8, 4) is 11.5 Å². The highest BCUT2D eigenvalue weighted by Gasteiger charge is 2.41. The fraction of sp³-hybridized carbons (Fsp3) is 0.273. The predicted molar refractivity (Wildman–Crippen MR) is 147 cm³/mol. The van der Waals surface area contributed by atoms with Crippen LogP contribution in [0, 0.1) is 0 Å². The molecule has 2 unspecified atom stereocenters. The zero-order valence-electron chi connectivity index (χ0n) is 21.4. The third kappa shape index (κ3) is 5.59. The molecule has 0 spiro atoms. The van der Waals surface area contributed by atoms with Crippen LogP contribution < -0.4 is 9.47 Å². The van der Waals surface area contributed by atoms with E-state index in [4.69, 9.17) is 9.47 Å². The lowest BCUT2D eigenvalue weighted by atomic mass is 9.90. The minimum absolute atomic E-state index is 0.333. The van der Waals surface area contributed by atoms with Gasteiger partial charge in [0, 0.05) is 23.3 Å². The first-order chi connectivity index (χ1) is 18.0. The zero-order chi connectivity index (χ0) is 25.8. The lowest BCUT2D eigenvalue weighted by molar-refractivity contribution is -0.130. The van der Waals surface area contributed by atoms with Crippen LogP contribution in [0.4, 0.5) is 0 Å². The number of ether oxygens (including phenoxy) is 2. The lowest BCUT2D eigenvalue weighted by Gasteiger charge is -2.21. The summed E-state index contributed by atoms with van der Waals surface area (Å²) in [6.07, 6.45) is 11.6. The number of fused-ring (bicyclic) bond motifs is 5. The van der Waals surface area contributed by atoms with Gasteiger partial charge in [0.05, 0.1) is 0 Å². The van der Waals surface area contributed by atoms with Crippen molar-refractivity contribution >= 4 is 24.1 Å². The van der Waals surface area contributed by atoms with E-state index in [0.29, 0.717) is 23.3 Å². The van der Waals surface area contributed by atoms with Crippen LogP contribution in [0.2, 0.25) is 0 Å². The number of aryl methyl sites for hydroxylation is 2. The SMILES string of the molecule is CCc1ccc(/C=C/C(=O)Oc2ccc(OC(=O)/C=C/c3ccc(CC)cc3)c3c2C2CCC3C2)cc1. The van der Waals surface area contributed by atoms with Crippen molar-refractivity contribution in [2.24, 2.45) is 0 Å². The first-order valence-corrected chi connectivity index (χ1v) is 13.2. The molecule has 2 atom stereocenters. The second-order valence-electron chi connectivity index (χ2n) is 9.80. The Morgan fingerprint density at radius 1 is 0.676 bits per heavy atom. The van der Waals surface area contributed by atoms with Crippen molar-refractivity contribution in [2.75, 3.05) is 0 Å². The van der Waals surface area contributed by atoms with Gasteiger partial charge in [-0.2, -0.15) is 0 Å². The van der Waals surface area contributed by atoms with Gasteiger partial charge in [0.25, 0.3) is 0 Å². The van der Waals surface area contributed by atoms with Crippen molar-refractivity contribution in [2.45, 2.75) is 57.8 Å². The average molecular weight is 493 g/mol. The Kier molecular flexibility index (Phi) is 7.36. The summed E-state index contributed by atoms with van der Waals surface area (Å²) >= 11 is 0. The van der Waals surface area contributed by atoms with Crippen molar-refractivity contribution < 1.29 is 19.1 Å². The van der Waals surface area contributed by atoms with E-state index in [1.165, 1.54) is 23.3 Å². The summed E-state index contributed by atoms with van der Waals surface area (Å²) in [4.78, 5) is 25.3. The topological polar surface area (TPSA) is 52.6 Å². The summed E-state index contributed by atoms with van der Waals surface area (Å²) in [7, 11) is 0. The van der Waals surface area contributed by atoms with E-state index in [2.05, 4.69) is 38.1 Å². The lowest BCUT2D eigenvalue weighted by Crippen LogP contribution is -2.11. The first-order valence-electron chi connectivity index (χ1n) is 13.2. The number of hydrogen-bond acceptors (Lipinski definition) is 4. The normalized spacial score (nSPS) is 17.9. The molecule has 0 aromatic heterocycles. The van der Waals surface area contributed by atoms with E-state index in [1.807, 2.05) is 24.3 Å². The van der Waals surface area contributed by atoms with Crippen LogP contribution in [0.5, 0.6) is 11.5 Å². The van der Waals surface area contributed by atoms with Gasteiger partial charge in [-0.1, -0.05) is 62.4 Å². The maximum atomic E-state index is 12.6. The third-order valence-electron chi connectivity index (χ3n) is 7.48. The molecule has 1 saturated carbocycles. The smallest absolute Gasteiger partial charge is 0.336 e. The van der Waals surface area contributed by atoms with Gasteiger partial charge >= 0.3 is 11.9 Å². The molecular formula is C33H32O4. The van der Waals surface area contributed by atoms with Gasteiger partial charge in [0.15, 0.2) is 0 Å². The maximum absolute atomic E-state index is 12.6. The molecular weight excluding hydrogens is 460 g/mol. The van der Waals surface area contributed by atoms with Crippen molar-refractivity contribution in [3.05, 3.63) is 106 Å². The van der Waals surface area contributed by atoms with Crippen molar-refractivity contribution in [1.29, 1.82) is 0 Å². The highest BCUT2D eigenvalue weighted by atomic mass is 16.5. The molecule has 5 rings (SSSR count). The Morgan fingerprint density at radius 3 is 1.46 bits per heavy atom. The number of rotatable bonds is 8. The second kappa shape index (κ2) is 11.0. The number of carbonyl (C=O) groups is 2. The Morgan fingerprint density at radius 2 is 1.08 bits per heavy atom. The van der Waals surface area contributed by atoms with Gasteiger partial charge < -0.3 is 9.47 Å². The van der Waals surface area contributed by atoms with Crippen LogP contribution >= 0.6 is 0 Å². The summed E-state index contributed by atoms with van der Waals surface area (Å²) in [5, 5.41) is 0. The van der Waals surface area contributed by atoms with Crippen molar-refractivity contribution in [1.82, 2.24) is 0 Å². The molecule has 2 aliphatic rings. The average Bonchev–Trinajstić information content (AvgIpc) is 3.56. The Hall–Kier alpha value is -3.92. The molecule has 1 fully saturated rings. The molecule has 3 aromatic carbocycles. The summed E-state index contributed by atoms with van der Waals surface area (Å²) in [5.74, 6) is 0.992. The minimum atomic E-state index is -0.411. The van der Waals surface area contributed by atoms with Gasteiger partial charge in [0.2, 0.25) is 0 Å². The van der Waals surface area contributed by atoms with E-state index in [9.17, 15) is 9.59 Å². The van der Waals surface area contributed by atoms with Crippen LogP contribution in [-0.4, -0.2) is 11.9 Å². The highest BCUT2D eigenvalue weighted by Crippen LogP contribution is 2.58. The number of esters is 2. The number of hydrogen-bond donors (Lipinski definition) is 0. The van der Waals surface area contributed by atoms with E-state index < -0.39 is 11.9 Å². The fourth-order valence-corrected chi connectivity index (χ4v) is 5.46. The van der Waals surface area contributed by atoms with Crippen molar-refractivity contribution in [3.63, 3.8) is 0 Å². The maximum Gasteiger partial charge on any atom is 0.336 e. The first kappa shape index (κ1) is 24.8. The largest absolute Gasteiger partial charge is 0.423 e. The number of carbonyl (C=O) groups excluding carboxylic acids is 2. The fourth-order valence-electron chi connectivity index (χ4n) is 5.46. The molecule has 2 bridgehead atoms. The summed E-state index contributed by atoms with van der Waals surface area (Å²) in [6.45, 7) is 4.23. The van der Waals surface area contributed by atoms with Crippen LogP contribution in [0.1, 0.15) is 78.3 Å². The van der Waals surface area contributed by atoms with E-state index in [1.54, 1.807) is 24.3 Å². The Bertz CT molecular complexity index is 1240. The van der Waals surface area contributed by atoms with Crippen LogP contribution in [0.3, 0.4) is 0 Å². The highest BCUT2D eigenvalue weighted by molar-refractivity contribution is 5.90. The third-order valence-corrected chi connectivity index (χ3v) is 7.48. The molecule has 0 heterocycles. The predicted octanol–water partition coefficient (Wildman–Crippen LogP) is 7.41. The summed E-state index contributed by atoms with van der Waals surface area (Å²) in [5.41, 5.74) is 6.47. The Labute approximate surface area is 218 Å².